The molecule has 2 heterocycles. The fraction of sp³-hybridized carbons (Fsp3) is 0.190. The van der Waals surface area contributed by atoms with Crippen LogP contribution >= 0.6 is 15.9 Å². The maximum atomic E-state index is 12.9. The van der Waals surface area contributed by atoms with Crippen molar-refractivity contribution in [2.24, 2.45) is 0 Å². The third-order valence-electron chi connectivity index (χ3n) is 4.84. The molecule has 2 aromatic carbocycles. The Morgan fingerprint density at radius 3 is 2.32 bits per heavy atom. The van der Waals surface area contributed by atoms with E-state index in [-0.39, 0.29) is 5.57 Å². The van der Waals surface area contributed by atoms with Crippen LogP contribution in [-0.2, 0) is 9.59 Å². The molecule has 6 nitrogen and oxygen atoms in total. The predicted octanol–water partition coefficient (Wildman–Crippen LogP) is 3.72. The minimum atomic E-state index is -0.755. The first kappa shape index (κ1) is 18.4. The number of nitrogens with zero attached hydrogens (tertiary/aromatic N) is 2. The molecule has 2 saturated heterocycles. The van der Waals surface area contributed by atoms with E-state index in [9.17, 15) is 14.4 Å². The number of carbonyl (C=O) groups excluding carboxylic acids is 3. The maximum Gasteiger partial charge on any atom is 0.335 e. The van der Waals surface area contributed by atoms with E-state index in [2.05, 4.69) is 26.1 Å². The first-order valence-corrected chi connectivity index (χ1v) is 9.84. The van der Waals surface area contributed by atoms with Gasteiger partial charge in [0.15, 0.2) is 0 Å². The number of amides is 4. The zero-order chi connectivity index (χ0) is 19.7. The fourth-order valence-electron chi connectivity index (χ4n) is 3.43. The molecule has 142 valence electrons. The van der Waals surface area contributed by atoms with Crippen molar-refractivity contribution < 1.29 is 14.4 Å². The SMILES string of the molecule is O=C1NC(=O)N(c2cccc(Br)c2)C(=O)/C1=C/c1ccc(N2CCCC2)cc1. The Balaban J connectivity index is 1.63. The second-order valence-electron chi connectivity index (χ2n) is 6.72. The maximum absolute atomic E-state index is 12.9. The summed E-state index contributed by atoms with van der Waals surface area (Å²) in [5.74, 6) is -1.33. The van der Waals surface area contributed by atoms with Gasteiger partial charge >= 0.3 is 6.03 Å². The summed E-state index contributed by atoms with van der Waals surface area (Å²) in [6, 6.07) is 13.8. The molecule has 4 amide bonds. The predicted molar refractivity (Wildman–Crippen MR) is 111 cm³/mol. The number of benzene rings is 2. The van der Waals surface area contributed by atoms with E-state index in [1.165, 1.54) is 18.9 Å². The number of carbonyl (C=O) groups is 3. The number of nitrogens with one attached hydrogen (secondary N) is 1. The quantitative estimate of drug-likeness (QED) is 0.584. The highest BCUT2D eigenvalue weighted by atomic mass is 79.9. The van der Waals surface area contributed by atoms with Crippen LogP contribution in [0.25, 0.3) is 6.08 Å². The van der Waals surface area contributed by atoms with Crippen LogP contribution in [0.5, 0.6) is 0 Å². The van der Waals surface area contributed by atoms with Crippen LogP contribution in [0.2, 0.25) is 0 Å². The third kappa shape index (κ3) is 3.57. The molecule has 1 N–H and O–H groups in total. The minimum Gasteiger partial charge on any atom is -0.372 e. The van der Waals surface area contributed by atoms with E-state index in [4.69, 9.17) is 0 Å². The summed E-state index contributed by atoms with van der Waals surface area (Å²) in [6.45, 7) is 2.09. The van der Waals surface area contributed by atoms with Gasteiger partial charge in [-0.15, -0.1) is 0 Å². The summed E-state index contributed by atoms with van der Waals surface area (Å²) in [5.41, 5.74) is 2.17. The van der Waals surface area contributed by atoms with Crippen molar-refractivity contribution >= 4 is 51.2 Å². The molecule has 0 spiro atoms. The highest BCUT2D eigenvalue weighted by Crippen LogP contribution is 2.25. The van der Waals surface area contributed by atoms with Gasteiger partial charge in [-0.2, -0.15) is 0 Å². The highest BCUT2D eigenvalue weighted by molar-refractivity contribution is 9.10. The number of imide groups is 2. The summed E-state index contributed by atoms with van der Waals surface area (Å²) in [6.07, 6.45) is 3.91. The Morgan fingerprint density at radius 2 is 1.64 bits per heavy atom. The third-order valence-corrected chi connectivity index (χ3v) is 5.34. The van der Waals surface area contributed by atoms with Crippen LogP contribution in [0.1, 0.15) is 18.4 Å². The molecule has 0 atom stereocenters. The molecule has 0 unspecified atom stereocenters. The molecule has 0 bridgehead atoms. The van der Waals surface area contributed by atoms with Gasteiger partial charge in [0.1, 0.15) is 5.57 Å². The lowest BCUT2D eigenvalue weighted by Gasteiger charge is -2.26. The van der Waals surface area contributed by atoms with Crippen LogP contribution < -0.4 is 15.1 Å². The number of barbiturate groups is 1. The molecule has 0 radical (unpaired) electrons. The molecule has 0 saturated carbocycles. The zero-order valence-corrected chi connectivity index (χ0v) is 16.6. The van der Waals surface area contributed by atoms with E-state index >= 15 is 0 Å². The number of hydrogen-bond acceptors (Lipinski definition) is 4. The first-order valence-electron chi connectivity index (χ1n) is 9.05. The number of halogens is 1. The van der Waals surface area contributed by atoms with Crippen LogP contribution in [0.15, 0.2) is 58.6 Å². The standard InChI is InChI=1S/C21H18BrN3O3/c22-15-4-3-5-17(13-15)25-20(27)18(19(26)23-21(25)28)12-14-6-8-16(9-7-14)24-10-1-2-11-24/h3-9,12-13H,1-2,10-11H2,(H,23,26,28)/b18-12+. The number of hydrogen-bond donors (Lipinski definition) is 1. The number of rotatable bonds is 3. The number of anilines is 2. The Hall–Kier alpha value is -2.93. The van der Waals surface area contributed by atoms with Gasteiger partial charge < -0.3 is 4.90 Å². The highest BCUT2D eigenvalue weighted by Gasteiger charge is 2.36. The lowest BCUT2D eigenvalue weighted by atomic mass is 10.1. The van der Waals surface area contributed by atoms with E-state index in [0.717, 1.165) is 33.7 Å². The molecular formula is C21H18BrN3O3. The van der Waals surface area contributed by atoms with E-state index in [0.29, 0.717) is 5.69 Å². The first-order chi connectivity index (χ1) is 13.5. The van der Waals surface area contributed by atoms with Crippen LogP contribution in [-0.4, -0.2) is 30.9 Å². The van der Waals surface area contributed by atoms with Gasteiger partial charge in [-0.25, -0.2) is 9.69 Å². The van der Waals surface area contributed by atoms with Gasteiger partial charge in [0.2, 0.25) is 0 Å². The fourth-order valence-corrected chi connectivity index (χ4v) is 3.82. The molecule has 2 aliphatic heterocycles. The van der Waals surface area contributed by atoms with Crippen LogP contribution in [0, 0.1) is 0 Å². The largest absolute Gasteiger partial charge is 0.372 e. The second kappa shape index (κ2) is 7.59. The van der Waals surface area contributed by atoms with Crippen molar-refractivity contribution in [1.82, 2.24) is 5.32 Å². The molecule has 2 aliphatic rings. The van der Waals surface area contributed by atoms with Gasteiger partial charge in [-0.05, 0) is 54.8 Å². The normalized spacial score (nSPS) is 18.8. The summed E-state index contributed by atoms with van der Waals surface area (Å²) >= 11 is 3.33. The van der Waals surface area contributed by atoms with Crippen molar-refractivity contribution in [2.45, 2.75) is 12.8 Å². The van der Waals surface area contributed by atoms with Crippen LogP contribution in [0.3, 0.4) is 0 Å². The monoisotopic (exact) mass is 439 g/mol. The topological polar surface area (TPSA) is 69.7 Å². The van der Waals surface area contributed by atoms with Gasteiger partial charge in [0, 0.05) is 23.2 Å². The van der Waals surface area contributed by atoms with Gasteiger partial charge in [-0.3, -0.25) is 14.9 Å². The van der Waals surface area contributed by atoms with Crippen molar-refractivity contribution in [3.8, 4) is 0 Å². The molecular weight excluding hydrogens is 422 g/mol. The van der Waals surface area contributed by atoms with Crippen molar-refractivity contribution in [2.75, 3.05) is 22.9 Å². The molecule has 2 aromatic rings. The van der Waals surface area contributed by atoms with Gasteiger partial charge in [0.25, 0.3) is 11.8 Å². The lowest BCUT2D eigenvalue weighted by Crippen LogP contribution is -2.54. The molecule has 28 heavy (non-hydrogen) atoms. The van der Waals surface area contributed by atoms with E-state index < -0.39 is 17.8 Å². The Bertz CT molecular complexity index is 979. The lowest BCUT2D eigenvalue weighted by molar-refractivity contribution is -0.122. The van der Waals surface area contributed by atoms with Gasteiger partial charge in [0.05, 0.1) is 5.69 Å². The number of urea groups is 1. The Morgan fingerprint density at radius 1 is 0.929 bits per heavy atom. The average Bonchev–Trinajstić information content (AvgIpc) is 3.20. The van der Waals surface area contributed by atoms with Crippen molar-refractivity contribution in [1.29, 1.82) is 0 Å². The summed E-state index contributed by atoms with van der Waals surface area (Å²) in [5, 5.41) is 2.24. The molecule has 0 aliphatic carbocycles. The van der Waals surface area contributed by atoms with Crippen molar-refractivity contribution in [3.05, 3.63) is 64.1 Å². The van der Waals surface area contributed by atoms with Gasteiger partial charge in [-0.1, -0.05) is 34.1 Å². The molecule has 4 rings (SSSR count). The Labute approximate surface area is 170 Å². The summed E-state index contributed by atoms with van der Waals surface area (Å²) in [4.78, 5) is 40.7. The average molecular weight is 440 g/mol. The minimum absolute atomic E-state index is 0.0755. The molecule has 7 heteroatoms. The van der Waals surface area contributed by atoms with E-state index in [1.54, 1.807) is 24.3 Å². The Kier molecular flexibility index (Phi) is 5.00. The second-order valence-corrected chi connectivity index (χ2v) is 7.64. The molecule has 2 fully saturated rings. The molecule has 0 aromatic heterocycles. The summed E-state index contributed by atoms with van der Waals surface area (Å²) < 4.78 is 0.727. The van der Waals surface area contributed by atoms with E-state index in [1.807, 2.05) is 24.3 Å². The zero-order valence-electron chi connectivity index (χ0n) is 15.0. The van der Waals surface area contributed by atoms with Crippen molar-refractivity contribution in [3.63, 3.8) is 0 Å². The summed E-state index contributed by atoms with van der Waals surface area (Å²) in [7, 11) is 0. The van der Waals surface area contributed by atoms with Crippen LogP contribution in [0.4, 0.5) is 16.2 Å². The smallest absolute Gasteiger partial charge is 0.335 e.